The van der Waals surface area contributed by atoms with Crippen LogP contribution in [-0.4, -0.2) is 34.2 Å². The fraction of sp³-hybridized carbons (Fsp3) is 0.400. The van der Waals surface area contributed by atoms with Gasteiger partial charge in [-0.05, 0) is 44.4 Å². The third kappa shape index (κ3) is 3.78. The Hall–Kier alpha value is -2.54. The van der Waals surface area contributed by atoms with E-state index in [0.717, 1.165) is 47.4 Å². The highest BCUT2D eigenvalue weighted by Gasteiger charge is 2.27. The predicted octanol–water partition coefficient (Wildman–Crippen LogP) is 3.81. The van der Waals surface area contributed by atoms with Gasteiger partial charge in [-0.25, -0.2) is 0 Å². The van der Waals surface area contributed by atoms with Crippen LogP contribution in [0.3, 0.4) is 0 Å². The molecule has 1 amide bonds. The van der Waals surface area contributed by atoms with Crippen molar-refractivity contribution in [1.29, 1.82) is 0 Å². The molecule has 0 spiro atoms. The Bertz CT molecular complexity index is 970. The summed E-state index contributed by atoms with van der Waals surface area (Å²) in [7, 11) is 0. The highest BCUT2D eigenvalue weighted by Crippen LogP contribution is 2.30. The highest BCUT2D eigenvalue weighted by atomic mass is 32.1. The van der Waals surface area contributed by atoms with E-state index in [1.165, 1.54) is 16.9 Å². The summed E-state index contributed by atoms with van der Waals surface area (Å²) < 4.78 is 0. The van der Waals surface area contributed by atoms with Crippen molar-refractivity contribution in [3.63, 3.8) is 0 Å². The third-order valence-corrected chi connectivity index (χ3v) is 5.99. The van der Waals surface area contributed by atoms with Crippen molar-refractivity contribution in [2.24, 2.45) is 5.92 Å². The van der Waals surface area contributed by atoms with E-state index in [-0.39, 0.29) is 11.8 Å². The van der Waals surface area contributed by atoms with Crippen LogP contribution in [0.25, 0.3) is 10.9 Å². The quantitative estimate of drug-likeness (QED) is 0.744. The molecule has 140 valence electrons. The zero-order chi connectivity index (χ0) is 18.8. The van der Waals surface area contributed by atoms with Gasteiger partial charge in [0.15, 0.2) is 0 Å². The number of hydrogen-bond acceptors (Lipinski definition) is 6. The number of aryl methyl sites for hydroxylation is 2. The maximum Gasteiger partial charge on any atom is 0.231 e. The number of nitrogens with zero attached hydrogens (tertiary/aromatic N) is 4. The summed E-state index contributed by atoms with van der Waals surface area (Å²) in [5.41, 5.74) is 3.36. The molecule has 27 heavy (non-hydrogen) atoms. The van der Waals surface area contributed by atoms with Gasteiger partial charge in [-0.3, -0.25) is 9.78 Å². The Morgan fingerprint density at radius 1 is 1.33 bits per heavy atom. The minimum Gasteiger partial charge on any atom is -0.370 e. The monoisotopic (exact) mass is 381 g/mol. The maximum atomic E-state index is 12.7. The summed E-state index contributed by atoms with van der Waals surface area (Å²) in [6, 6.07) is 8.37. The molecule has 7 heteroatoms. The number of hydrogen-bond donors (Lipinski definition) is 1. The third-order valence-electron chi connectivity index (χ3n) is 5.01. The molecule has 3 aromatic rings. The standard InChI is InChI=1S/C20H23N5OS/c1-3-18-23-24-20(27-18)22-19(26)14-5-4-10-25(12-14)17-8-9-21-16-7-6-13(2)11-15(16)17/h6-9,11,14H,3-5,10,12H2,1-2H3,(H,22,24,26). The number of fused-ring (bicyclic) bond motifs is 1. The molecule has 0 bridgehead atoms. The van der Waals surface area contributed by atoms with Gasteiger partial charge in [0.05, 0.1) is 11.4 Å². The molecule has 4 rings (SSSR count). The molecule has 2 aromatic heterocycles. The molecule has 0 saturated carbocycles. The maximum absolute atomic E-state index is 12.7. The van der Waals surface area contributed by atoms with Crippen LogP contribution in [0, 0.1) is 12.8 Å². The minimum absolute atomic E-state index is 0.0352. The van der Waals surface area contributed by atoms with Gasteiger partial charge in [-0.15, -0.1) is 10.2 Å². The van der Waals surface area contributed by atoms with Gasteiger partial charge in [0.1, 0.15) is 5.01 Å². The van der Waals surface area contributed by atoms with Crippen LogP contribution in [-0.2, 0) is 11.2 Å². The van der Waals surface area contributed by atoms with E-state index in [9.17, 15) is 4.79 Å². The van der Waals surface area contributed by atoms with Crippen LogP contribution in [0.4, 0.5) is 10.8 Å². The number of nitrogens with one attached hydrogen (secondary N) is 1. The van der Waals surface area contributed by atoms with Crippen molar-refractivity contribution in [1.82, 2.24) is 15.2 Å². The zero-order valence-corrected chi connectivity index (χ0v) is 16.4. The largest absolute Gasteiger partial charge is 0.370 e. The fourth-order valence-corrected chi connectivity index (χ4v) is 4.27. The first-order chi connectivity index (χ1) is 13.1. The van der Waals surface area contributed by atoms with Crippen molar-refractivity contribution in [2.45, 2.75) is 33.1 Å². The van der Waals surface area contributed by atoms with Crippen LogP contribution in [0.1, 0.15) is 30.3 Å². The number of anilines is 2. The van der Waals surface area contributed by atoms with Gasteiger partial charge < -0.3 is 10.2 Å². The first kappa shape index (κ1) is 17.9. The lowest BCUT2D eigenvalue weighted by molar-refractivity contribution is -0.120. The lowest BCUT2D eigenvalue weighted by atomic mass is 9.96. The second kappa shape index (κ2) is 7.60. The second-order valence-electron chi connectivity index (χ2n) is 6.98. The van der Waals surface area contributed by atoms with E-state index in [1.807, 2.05) is 13.1 Å². The average Bonchev–Trinajstić information content (AvgIpc) is 3.15. The molecular weight excluding hydrogens is 358 g/mol. The molecule has 1 saturated heterocycles. The summed E-state index contributed by atoms with van der Waals surface area (Å²) in [6.07, 6.45) is 4.57. The summed E-state index contributed by atoms with van der Waals surface area (Å²) >= 11 is 1.45. The van der Waals surface area contributed by atoms with Crippen LogP contribution >= 0.6 is 11.3 Å². The molecule has 1 unspecified atom stereocenters. The molecule has 1 fully saturated rings. The number of rotatable bonds is 4. The molecule has 1 aliphatic heterocycles. The lowest BCUT2D eigenvalue weighted by Gasteiger charge is -2.34. The zero-order valence-electron chi connectivity index (χ0n) is 15.6. The number of carbonyl (C=O) groups excluding carboxylic acids is 1. The van der Waals surface area contributed by atoms with Crippen molar-refractivity contribution < 1.29 is 4.79 Å². The smallest absolute Gasteiger partial charge is 0.231 e. The molecular formula is C20H23N5OS. The Balaban J connectivity index is 1.53. The minimum atomic E-state index is -0.0549. The van der Waals surface area contributed by atoms with Crippen molar-refractivity contribution in [3.8, 4) is 0 Å². The van der Waals surface area contributed by atoms with E-state index >= 15 is 0 Å². The Morgan fingerprint density at radius 3 is 3.04 bits per heavy atom. The first-order valence-electron chi connectivity index (χ1n) is 9.37. The number of benzene rings is 1. The topological polar surface area (TPSA) is 71.0 Å². The number of amides is 1. The molecule has 1 N–H and O–H groups in total. The molecule has 0 aliphatic carbocycles. The Morgan fingerprint density at radius 2 is 2.22 bits per heavy atom. The summed E-state index contributed by atoms with van der Waals surface area (Å²) in [5.74, 6) is -0.0196. The number of pyridine rings is 1. The Labute approximate surface area is 162 Å². The molecule has 0 radical (unpaired) electrons. The molecule has 3 heterocycles. The summed E-state index contributed by atoms with van der Waals surface area (Å²) in [5, 5.41) is 13.8. The molecule has 1 aliphatic rings. The van der Waals surface area contributed by atoms with E-state index in [2.05, 4.69) is 56.6 Å². The lowest BCUT2D eigenvalue weighted by Crippen LogP contribution is -2.40. The second-order valence-corrected chi connectivity index (χ2v) is 8.04. The van der Waals surface area contributed by atoms with Gasteiger partial charge in [0, 0.05) is 30.4 Å². The summed E-state index contributed by atoms with van der Waals surface area (Å²) in [4.78, 5) is 19.5. The van der Waals surface area contributed by atoms with E-state index in [1.54, 1.807) is 0 Å². The number of aromatic nitrogens is 3. The van der Waals surface area contributed by atoms with Gasteiger partial charge >= 0.3 is 0 Å². The van der Waals surface area contributed by atoms with Crippen LogP contribution < -0.4 is 10.2 Å². The van der Waals surface area contributed by atoms with Crippen molar-refractivity contribution in [2.75, 3.05) is 23.3 Å². The summed E-state index contributed by atoms with van der Waals surface area (Å²) in [6.45, 7) is 5.79. The average molecular weight is 382 g/mol. The van der Waals surface area contributed by atoms with E-state index in [4.69, 9.17) is 0 Å². The molecule has 6 nitrogen and oxygen atoms in total. The predicted molar refractivity (Wildman–Crippen MR) is 109 cm³/mol. The Kier molecular flexibility index (Phi) is 5.03. The van der Waals surface area contributed by atoms with E-state index < -0.39 is 0 Å². The molecule has 1 aromatic carbocycles. The van der Waals surface area contributed by atoms with Gasteiger partial charge in [0.25, 0.3) is 0 Å². The van der Waals surface area contributed by atoms with Gasteiger partial charge in [-0.1, -0.05) is 29.9 Å². The fourth-order valence-electron chi connectivity index (χ4n) is 3.59. The number of piperidine rings is 1. The van der Waals surface area contributed by atoms with Crippen molar-refractivity contribution in [3.05, 3.63) is 41.0 Å². The van der Waals surface area contributed by atoms with Crippen LogP contribution in [0.2, 0.25) is 0 Å². The van der Waals surface area contributed by atoms with Crippen molar-refractivity contribution >= 4 is 39.0 Å². The van der Waals surface area contributed by atoms with Gasteiger partial charge in [0.2, 0.25) is 11.0 Å². The normalized spacial score (nSPS) is 17.3. The SMILES string of the molecule is CCc1nnc(NC(=O)C2CCCN(c3ccnc4ccc(C)cc34)C2)s1. The van der Waals surface area contributed by atoms with Gasteiger partial charge in [-0.2, -0.15) is 0 Å². The van der Waals surface area contributed by atoms with Crippen LogP contribution in [0.5, 0.6) is 0 Å². The van der Waals surface area contributed by atoms with E-state index in [0.29, 0.717) is 11.7 Å². The van der Waals surface area contributed by atoms with Crippen LogP contribution in [0.15, 0.2) is 30.5 Å². The number of carbonyl (C=O) groups is 1. The molecule has 1 atom stereocenters. The first-order valence-corrected chi connectivity index (χ1v) is 10.2. The highest BCUT2D eigenvalue weighted by molar-refractivity contribution is 7.15.